The molecule has 0 aromatic carbocycles. The number of nitrogens with one attached hydrogen (secondary N) is 2. The molecule has 2 aromatic rings. The summed E-state index contributed by atoms with van der Waals surface area (Å²) in [5, 5.41) is 2.67. The van der Waals surface area contributed by atoms with Crippen LogP contribution in [0.5, 0.6) is 0 Å². The molecule has 1 amide bonds. The highest BCUT2D eigenvalue weighted by Crippen LogP contribution is 2.18. The highest BCUT2D eigenvalue weighted by Gasteiger charge is 2.17. The molecule has 0 saturated heterocycles. The Labute approximate surface area is 121 Å². The SMILES string of the molecule is COC(=O)c1[nH]c(C)cc1NC(=O)c1ccnc(CN)c1. The molecule has 0 radical (unpaired) electrons. The zero-order valence-electron chi connectivity index (χ0n) is 11.8. The van der Waals surface area contributed by atoms with Gasteiger partial charge in [0.1, 0.15) is 5.69 Å². The van der Waals surface area contributed by atoms with Crippen LogP contribution in [0.2, 0.25) is 0 Å². The molecule has 0 spiro atoms. The number of nitrogens with two attached hydrogens (primary N) is 1. The first-order chi connectivity index (χ1) is 10.0. The summed E-state index contributed by atoms with van der Waals surface area (Å²) < 4.78 is 4.67. The maximum absolute atomic E-state index is 12.2. The third-order valence-corrected chi connectivity index (χ3v) is 2.88. The largest absolute Gasteiger partial charge is 0.464 e. The topological polar surface area (TPSA) is 110 Å². The number of rotatable bonds is 4. The Kier molecular flexibility index (Phi) is 4.34. The molecule has 7 heteroatoms. The van der Waals surface area contributed by atoms with Gasteiger partial charge >= 0.3 is 5.97 Å². The normalized spacial score (nSPS) is 10.2. The molecular formula is C14H16N4O3. The summed E-state index contributed by atoms with van der Waals surface area (Å²) in [6, 6.07) is 4.84. The Morgan fingerprint density at radius 1 is 1.43 bits per heavy atom. The van der Waals surface area contributed by atoms with E-state index < -0.39 is 5.97 Å². The van der Waals surface area contributed by atoms with Gasteiger partial charge in [-0.2, -0.15) is 0 Å². The first kappa shape index (κ1) is 14.7. The highest BCUT2D eigenvalue weighted by atomic mass is 16.5. The minimum atomic E-state index is -0.546. The number of ether oxygens (including phenoxy) is 1. The number of aromatic amines is 1. The fraction of sp³-hybridized carbons (Fsp3) is 0.214. The van der Waals surface area contributed by atoms with E-state index in [1.54, 1.807) is 25.1 Å². The number of amides is 1. The molecule has 2 rings (SSSR count). The number of nitrogens with zero attached hydrogens (tertiary/aromatic N) is 1. The van der Waals surface area contributed by atoms with E-state index in [9.17, 15) is 9.59 Å². The predicted octanol–water partition coefficient (Wildman–Crippen LogP) is 1.22. The zero-order valence-corrected chi connectivity index (χ0v) is 11.8. The highest BCUT2D eigenvalue weighted by molar-refractivity contribution is 6.07. The maximum Gasteiger partial charge on any atom is 0.356 e. The van der Waals surface area contributed by atoms with Gasteiger partial charge in [0.25, 0.3) is 5.91 Å². The van der Waals surface area contributed by atoms with Crippen LogP contribution in [0.1, 0.15) is 32.2 Å². The van der Waals surface area contributed by atoms with Crippen molar-refractivity contribution in [2.24, 2.45) is 5.73 Å². The summed E-state index contributed by atoms with van der Waals surface area (Å²) in [5.74, 6) is -0.896. The summed E-state index contributed by atoms with van der Waals surface area (Å²) in [7, 11) is 1.28. The molecule has 0 saturated carbocycles. The van der Waals surface area contributed by atoms with E-state index in [0.717, 1.165) is 5.69 Å². The molecule has 0 aliphatic rings. The van der Waals surface area contributed by atoms with Crippen LogP contribution in [0, 0.1) is 6.92 Å². The number of H-pyrrole nitrogens is 1. The molecule has 110 valence electrons. The fourth-order valence-electron chi connectivity index (χ4n) is 1.88. The van der Waals surface area contributed by atoms with Crippen LogP contribution in [-0.2, 0) is 11.3 Å². The number of anilines is 1. The number of carbonyl (C=O) groups is 2. The Hall–Kier alpha value is -2.67. The van der Waals surface area contributed by atoms with E-state index in [4.69, 9.17) is 5.73 Å². The molecule has 0 aliphatic heterocycles. The lowest BCUT2D eigenvalue weighted by Gasteiger charge is -2.06. The van der Waals surface area contributed by atoms with Crippen molar-refractivity contribution < 1.29 is 14.3 Å². The third-order valence-electron chi connectivity index (χ3n) is 2.88. The van der Waals surface area contributed by atoms with E-state index in [1.807, 2.05) is 0 Å². The molecule has 2 aromatic heterocycles. The first-order valence-corrected chi connectivity index (χ1v) is 6.29. The van der Waals surface area contributed by atoms with Gasteiger partial charge in [-0.05, 0) is 25.1 Å². The lowest BCUT2D eigenvalue weighted by Crippen LogP contribution is -2.15. The quantitative estimate of drug-likeness (QED) is 0.732. The summed E-state index contributed by atoms with van der Waals surface area (Å²) in [6.45, 7) is 2.03. The van der Waals surface area contributed by atoms with E-state index >= 15 is 0 Å². The van der Waals surface area contributed by atoms with Crippen molar-refractivity contribution in [1.29, 1.82) is 0 Å². The minimum absolute atomic E-state index is 0.205. The van der Waals surface area contributed by atoms with Crippen molar-refractivity contribution in [3.8, 4) is 0 Å². The summed E-state index contributed by atoms with van der Waals surface area (Å²) in [4.78, 5) is 30.7. The van der Waals surface area contributed by atoms with Gasteiger partial charge in [-0.3, -0.25) is 9.78 Å². The minimum Gasteiger partial charge on any atom is -0.464 e. The van der Waals surface area contributed by atoms with Crippen molar-refractivity contribution in [1.82, 2.24) is 9.97 Å². The van der Waals surface area contributed by atoms with E-state index in [1.165, 1.54) is 13.3 Å². The van der Waals surface area contributed by atoms with Crippen LogP contribution in [0.25, 0.3) is 0 Å². The number of pyridine rings is 1. The molecular weight excluding hydrogens is 272 g/mol. The number of esters is 1. The number of aryl methyl sites for hydroxylation is 1. The molecule has 0 bridgehead atoms. The molecule has 4 N–H and O–H groups in total. The molecule has 7 nitrogen and oxygen atoms in total. The molecule has 0 fully saturated rings. The maximum atomic E-state index is 12.2. The van der Waals surface area contributed by atoms with Crippen molar-refractivity contribution in [3.63, 3.8) is 0 Å². The molecule has 21 heavy (non-hydrogen) atoms. The number of methoxy groups -OCH3 is 1. The van der Waals surface area contributed by atoms with Crippen LogP contribution < -0.4 is 11.1 Å². The number of hydrogen-bond donors (Lipinski definition) is 3. The van der Waals surface area contributed by atoms with Gasteiger partial charge < -0.3 is 20.8 Å². The zero-order chi connectivity index (χ0) is 15.4. The van der Waals surface area contributed by atoms with Crippen molar-refractivity contribution in [2.75, 3.05) is 12.4 Å². The number of carbonyl (C=O) groups excluding carboxylic acids is 2. The Bertz CT molecular complexity index is 679. The molecule has 2 heterocycles. The van der Waals surface area contributed by atoms with Gasteiger partial charge in [0.05, 0.1) is 18.5 Å². The van der Waals surface area contributed by atoms with Gasteiger partial charge in [0, 0.05) is 24.0 Å². The van der Waals surface area contributed by atoms with Crippen molar-refractivity contribution >= 4 is 17.6 Å². The Balaban J connectivity index is 2.25. The molecule has 0 aliphatic carbocycles. The molecule has 0 atom stereocenters. The average molecular weight is 288 g/mol. The average Bonchev–Trinajstić information content (AvgIpc) is 2.87. The second-order valence-corrected chi connectivity index (χ2v) is 4.43. The third kappa shape index (κ3) is 3.26. The van der Waals surface area contributed by atoms with Crippen LogP contribution in [0.4, 0.5) is 5.69 Å². The van der Waals surface area contributed by atoms with Crippen molar-refractivity contribution in [3.05, 3.63) is 47.0 Å². The van der Waals surface area contributed by atoms with Gasteiger partial charge in [0.15, 0.2) is 0 Å². The lowest BCUT2D eigenvalue weighted by molar-refractivity contribution is 0.0596. The van der Waals surface area contributed by atoms with Crippen LogP contribution in [-0.4, -0.2) is 29.0 Å². The predicted molar refractivity (Wildman–Crippen MR) is 77.0 cm³/mol. The monoisotopic (exact) mass is 288 g/mol. The summed E-state index contributed by atoms with van der Waals surface area (Å²) >= 11 is 0. The summed E-state index contributed by atoms with van der Waals surface area (Å²) in [6.07, 6.45) is 1.51. The standard InChI is InChI=1S/C14H16N4O3/c1-8-5-11(12(17-8)14(20)21-2)18-13(19)9-3-4-16-10(6-9)7-15/h3-6,17H,7,15H2,1-2H3,(H,18,19). The van der Waals surface area contributed by atoms with Crippen LogP contribution in [0.3, 0.4) is 0 Å². The molecule has 0 unspecified atom stereocenters. The van der Waals surface area contributed by atoms with Crippen molar-refractivity contribution in [2.45, 2.75) is 13.5 Å². The Morgan fingerprint density at radius 3 is 2.86 bits per heavy atom. The van der Waals surface area contributed by atoms with Gasteiger partial charge in [-0.25, -0.2) is 4.79 Å². The second-order valence-electron chi connectivity index (χ2n) is 4.43. The van der Waals surface area contributed by atoms with Gasteiger partial charge in [-0.15, -0.1) is 0 Å². The van der Waals surface area contributed by atoms with E-state index in [-0.39, 0.29) is 18.1 Å². The fourth-order valence-corrected chi connectivity index (χ4v) is 1.88. The van der Waals surface area contributed by atoms with Gasteiger partial charge in [-0.1, -0.05) is 0 Å². The lowest BCUT2D eigenvalue weighted by atomic mass is 10.2. The van der Waals surface area contributed by atoms with Gasteiger partial charge in [0.2, 0.25) is 0 Å². The van der Waals surface area contributed by atoms with Crippen LogP contribution >= 0.6 is 0 Å². The Morgan fingerprint density at radius 2 is 2.19 bits per heavy atom. The smallest absolute Gasteiger partial charge is 0.356 e. The number of aromatic nitrogens is 2. The number of hydrogen-bond acceptors (Lipinski definition) is 5. The van der Waals surface area contributed by atoms with E-state index in [2.05, 4.69) is 20.0 Å². The van der Waals surface area contributed by atoms with E-state index in [0.29, 0.717) is 16.9 Å². The second kappa shape index (κ2) is 6.19. The summed E-state index contributed by atoms with van der Waals surface area (Å²) in [5.41, 5.74) is 7.84. The van der Waals surface area contributed by atoms with Crippen LogP contribution in [0.15, 0.2) is 24.4 Å². The first-order valence-electron chi connectivity index (χ1n) is 6.29.